The van der Waals surface area contributed by atoms with Crippen LogP contribution in [0.4, 0.5) is 0 Å². The molecular weight excluding hydrogens is 311 g/mol. The minimum atomic E-state index is -3.22. The Kier molecular flexibility index (Phi) is 6.64. The summed E-state index contributed by atoms with van der Waals surface area (Å²) < 4.78 is 30.1. The van der Waals surface area contributed by atoms with Gasteiger partial charge in [0.05, 0.1) is 18.9 Å². The number of rotatable bonds is 9. The van der Waals surface area contributed by atoms with Crippen molar-refractivity contribution >= 4 is 7.60 Å². The zero-order chi connectivity index (χ0) is 16.7. The summed E-state index contributed by atoms with van der Waals surface area (Å²) in [6.45, 7) is 6.32. The molecule has 1 heterocycles. The van der Waals surface area contributed by atoms with E-state index in [1.165, 1.54) is 0 Å². The number of hydrogen-bond donors (Lipinski definition) is 0. The van der Waals surface area contributed by atoms with E-state index in [0.717, 1.165) is 17.1 Å². The van der Waals surface area contributed by atoms with Crippen LogP contribution in [0.5, 0.6) is 0 Å². The smallest absolute Gasteiger partial charge is 0.338 e. The van der Waals surface area contributed by atoms with E-state index >= 15 is 0 Å². The van der Waals surface area contributed by atoms with Crippen LogP contribution < -0.4 is 0 Å². The second kappa shape index (κ2) is 8.49. The molecule has 0 unspecified atom stereocenters. The molecular formula is C18H25O4P. The van der Waals surface area contributed by atoms with Crippen LogP contribution in [0, 0.1) is 6.92 Å². The van der Waals surface area contributed by atoms with Crippen molar-refractivity contribution in [1.82, 2.24) is 0 Å². The van der Waals surface area contributed by atoms with Crippen LogP contribution in [0.15, 0.2) is 46.9 Å². The largest absolute Gasteiger partial charge is 0.466 e. The second-order valence-corrected chi connectivity index (χ2v) is 7.57. The molecule has 0 spiro atoms. The first-order chi connectivity index (χ1) is 11.1. The lowest BCUT2D eigenvalue weighted by atomic mass is 10.1. The molecule has 1 atom stereocenters. The summed E-state index contributed by atoms with van der Waals surface area (Å²) in [5.41, 5.74) is 0.676. The zero-order valence-electron chi connectivity index (χ0n) is 14.0. The van der Waals surface area contributed by atoms with Crippen LogP contribution in [-0.4, -0.2) is 13.2 Å². The molecule has 0 amide bonds. The van der Waals surface area contributed by atoms with E-state index in [2.05, 4.69) is 0 Å². The molecule has 0 aliphatic heterocycles. The molecule has 126 valence electrons. The molecule has 0 bridgehead atoms. The van der Waals surface area contributed by atoms with Gasteiger partial charge in [-0.15, -0.1) is 0 Å². The molecule has 0 radical (unpaired) electrons. The van der Waals surface area contributed by atoms with Gasteiger partial charge in [0.15, 0.2) is 0 Å². The Labute approximate surface area is 138 Å². The minimum Gasteiger partial charge on any atom is -0.466 e. The maximum atomic E-state index is 13.3. The van der Waals surface area contributed by atoms with Crippen LogP contribution in [-0.2, 0) is 20.0 Å². The van der Waals surface area contributed by atoms with E-state index in [9.17, 15) is 4.57 Å². The summed E-state index contributed by atoms with van der Waals surface area (Å²) in [5.74, 6) is 1.78. The maximum Gasteiger partial charge on any atom is 0.338 e. The van der Waals surface area contributed by atoms with E-state index in [0.29, 0.717) is 26.1 Å². The topological polar surface area (TPSA) is 48.7 Å². The fourth-order valence-electron chi connectivity index (χ4n) is 2.66. The van der Waals surface area contributed by atoms with Gasteiger partial charge in [0.1, 0.15) is 11.5 Å². The molecule has 5 heteroatoms. The van der Waals surface area contributed by atoms with Gasteiger partial charge in [-0.25, -0.2) is 0 Å². The lowest BCUT2D eigenvalue weighted by molar-refractivity contribution is 0.210. The number of aryl methyl sites for hydroxylation is 2. The average molecular weight is 336 g/mol. The van der Waals surface area contributed by atoms with Crippen LogP contribution in [0.25, 0.3) is 0 Å². The average Bonchev–Trinajstić information content (AvgIpc) is 2.94. The normalized spacial score (nSPS) is 13.2. The highest BCUT2D eigenvalue weighted by atomic mass is 31.2. The third kappa shape index (κ3) is 4.81. The van der Waals surface area contributed by atoms with Gasteiger partial charge in [0, 0.05) is 6.42 Å². The van der Waals surface area contributed by atoms with Crippen molar-refractivity contribution in [2.75, 3.05) is 13.2 Å². The summed E-state index contributed by atoms with van der Waals surface area (Å²) >= 11 is 0. The molecule has 2 rings (SSSR count). The monoisotopic (exact) mass is 336 g/mol. The predicted molar refractivity (Wildman–Crippen MR) is 91.8 cm³/mol. The molecule has 1 aromatic carbocycles. The summed E-state index contributed by atoms with van der Waals surface area (Å²) in [6, 6.07) is 13.7. The highest BCUT2D eigenvalue weighted by molar-refractivity contribution is 7.54. The second-order valence-electron chi connectivity index (χ2n) is 5.35. The third-order valence-electron chi connectivity index (χ3n) is 3.64. The first kappa shape index (κ1) is 18.0. The fraction of sp³-hybridized carbons (Fsp3) is 0.444. The van der Waals surface area contributed by atoms with Crippen molar-refractivity contribution in [2.24, 2.45) is 0 Å². The van der Waals surface area contributed by atoms with E-state index < -0.39 is 7.60 Å². The molecule has 23 heavy (non-hydrogen) atoms. The summed E-state index contributed by atoms with van der Waals surface area (Å²) in [7, 11) is -3.22. The van der Waals surface area contributed by atoms with Gasteiger partial charge in [-0.3, -0.25) is 4.57 Å². The van der Waals surface area contributed by atoms with Gasteiger partial charge < -0.3 is 13.5 Å². The van der Waals surface area contributed by atoms with Gasteiger partial charge >= 0.3 is 7.60 Å². The lowest BCUT2D eigenvalue weighted by Gasteiger charge is -2.26. The predicted octanol–water partition coefficient (Wildman–Crippen LogP) is 5.53. The van der Waals surface area contributed by atoms with E-state index in [1.54, 1.807) is 0 Å². The Hall–Kier alpha value is -1.35. The molecule has 4 nitrogen and oxygen atoms in total. The maximum absolute atomic E-state index is 13.3. The molecule has 0 saturated carbocycles. The SMILES string of the molecule is CCOP(=O)(OCC)[C@H](CCc1ccc(C)o1)c1ccccc1. The van der Waals surface area contributed by atoms with Gasteiger partial charge in [-0.2, -0.15) is 0 Å². The van der Waals surface area contributed by atoms with Gasteiger partial charge in [0.2, 0.25) is 0 Å². The van der Waals surface area contributed by atoms with Crippen LogP contribution in [0.3, 0.4) is 0 Å². The highest BCUT2D eigenvalue weighted by Gasteiger charge is 2.36. The van der Waals surface area contributed by atoms with Crippen molar-refractivity contribution in [3.05, 3.63) is 59.5 Å². The quantitative estimate of drug-likeness (QED) is 0.565. The fourth-order valence-corrected chi connectivity index (χ4v) is 4.79. The summed E-state index contributed by atoms with van der Waals surface area (Å²) in [6.07, 6.45) is 1.34. The Morgan fingerprint density at radius 1 is 1.04 bits per heavy atom. The highest BCUT2D eigenvalue weighted by Crippen LogP contribution is 2.62. The summed E-state index contributed by atoms with van der Waals surface area (Å²) in [4.78, 5) is 0. The molecule has 0 N–H and O–H groups in total. The lowest BCUT2D eigenvalue weighted by Crippen LogP contribution is -2.08. The zero-order valence-corrected chi connectivity index (χ0v) is 14.9. The van der Waals surface area contributed by atoms with Crippen molar-refractivity contribution in [1.29, 1.82) is 0 Å². The van der Waals surface area contributed by atoms with E-state index in [1.807, 2.05) is 63.2 Å². The van der Waals surface area contributed by atoms with Gasteiger partial charge in [-0.05, 0) is 44.9 Å². The van der Waals surface area contributed by atoms with Gasteiger partial charge in [-0.1, -0.05) is 30.3 Å². The van der Waals surface area contributed by atoms with Gasteiger partial charge in [0.25, 0.3) is 0 Å². The molecule has 0 fully saturated rings. The van der Waals surface area contributed by atoms with Crippen LogP contribution >= 0.6 is 7.60 Å². The molecule has 0 aliphatic carbocycles. The molecule has 0 aliphatic rings. The number of furan rings is 1. The van der Waals surface area contributed by atoms with E-state index in [-0.39, 0.29) is 5.66 Å². The third-order valence-corrected chi connectivity index (χ3v) is 6.20. The Balaban J connectivity index is 2.25. The molecule has 1 aromatic heterocycles. The number of hydrogen-bond acceptors (Lipinski definition) is 4. The van der Waals surface area contributed by atoms with E-state index in [4.69, 9.17) is 13.5 Å². The summed E-state index contributed by atoms with van der Waals surface area (Å²) in [5, 5.41) is 0. The standard InChI is InChI=1S/C18H25O4P/c1-4-20-23(19,21-5-2)18(16-9-7-6-8-10-16)14-13-17-12-11-15(3)22-17/h6-12,18H,4-5,13-14H2,1-3H3/t18-/m1/s1. The number of benzene rings is 1. The van der Waals surface area contributed by atoms with Crippen molar-refractivity contribution in [3.63, 3.8) is 0 Å². The van der Waals surface area contributed by atoms with Crippen molar-refractivity contribution in [2.45, 2.75) is 39.3 Å². The Morgan fingerprint density at radius 2 is 1.70 bits per heavy atom. The van der Waals surface area contributed by atoms with Crippen LogP contribution in [0.2, 0.25) is 0 Å². The first-order valence-corrected chi connectivity index (χ1v) is 9.69. The van der Waals surface area contributed by atoms with Crippen molar-refractivity contribution < 1.29 is 18.0 Å². The van der Waals surface area contributed by atoms with Crippen LogP contribution in [0.1, 0.15) is 43.0 Å². The molecule has 2 aromatic rings. The van der Waals surface area contributed by atoms with Crippen molar-refractivity contribution in [3.8, 4) is 0 Å². The molecule has 0 saturated heterocycles. The minimum absolute atomic E-state index is 0.297. The first-order valence-electron chi connectivity index (χ1n) is 8.08. The Morgan fingerprint density at radius 3 is 2.22 bits per heavy atom. The Bertz CT molecular complexity index is 625.